The van der Waals surface area contributed by atoms with Crippen molar-refractivity contribution < 1.29 is 35.5 Å². The van der Waals surface area contributed by atoms with Gasteiger partial charge in [-0.2, -0.15) is 0 Å². The molecule has 0 N–H and O–H groups in total. The van der Waals surface area contributed by atoms with Crippen LogP contribution in [0.15, 0.2) is 97.3 Å². The van der Waals surface area contributed by atoms with Crippen molar-refractivity contribution in [2.75, 3.05) is 0 Å². The first-order chi connectivity index (χ1) is 21.4. The van der Waals surface area contributed by atoms with E-state index in [1.165, 1.54) is 41.7 Å². The second-order valence-corrected chi connectivity index (χ2v) is 14.8. The molecule has 0 amide bonds. The molecule has 0 unspecified atom stereocenters. The van der Waals surface area contributed by atoms with Gasteiger partial charge in [-0.15, -0.1) is 70.3 Å². The number of rotatable bonds is 5. The van der Waals surface area contributed by atoms with E-state index in [0.717, 1.165) is 11.3 Å². The monoisotopic (exact) mass is 717 g/mol. The van der Waals surface area contributed by atoms with E-state index in [-0.39, 0.29) is 36.9 Å². The molecular formula is C34H33FIrN2Si-2. The van der Waals surface area contributed by atoms with E-state index in [0.29, 0.717) is 16.7 Å². The quantitative estimate of drug-likeness (QED) is 0.136. The maximum atomic E-state index is 13.5. The first kappa shape index (κ1) is 20.6. The van der Waals surface area contributed by atoms with E-state index < -0.39 is 34.0 Å². The summed E-state index contributed by atoms with van der Waals surface area (Å²) in [4.78, 5) is 8.53. The van der Waals surface area contributed by atoms with Gasteiger partial charge in [-0.25, -0.2) is 4.39 Å². The number of hydrogen-bond donors (Lipinski definition) is 0. The van der Waals surface area contributed by atoms with Gasteiger partial charge >= 0.3 is 0 Å². The summed E-state index contributed by atoms with van der Waals surface area (Å²) in [6.07, 6.45) is 1.16. The Labute approximate surface area is 258 Å². The van der Waals surface area contributed by atoms with Crippen LogP contribution in [-0.2, 0) is 26.5 Å². The van der Waals surface area contributed by atoms with E-state index >= 15 is 0 Å². The average Bonchev–Trinajstić information content (AvgIpc) is 3.00. The molecule has 0 fully saturated rings. The van der Waals surface area contributed by atoms with Crippen LogP contribution in [-0.4, -0.2) is 18.0 Å². The molecule has 39 heavy (non-hydrogen) atoms. The maximum Gasteiger partial charge on any atom is 0.117 e. The third-order valence-corrected chi connectivity index (χ3v) is 7.75. The van der Waals surface area contributed by atoms with Crippen molar-refractivity contribution in [1.29, 1.82) is 0 Å². The Morgan fingerprint density at radius 1 is 0.846 bits per heavy atom. The zero-order chi connectivity index (χ0) is 33.9. The number of pyridine rings is 2. The van der Waals surface area contributed by atoms with Gasteiger partial charge in [0.2, 0.25) is 0 Å². The van der Waals surface area contributed by atoms with Crippen LogP contribution < -0.4 is 5.19 Å². The Bertz CT molecular complexity index is 1720. The predicted molar refractivity (Wildman–Crippen MR) is 159 cm³/mol. The van der Waals surface area contributed by atoms with Crippen molar-refractivity contribution in [2.45, 2.75) is 39.7 Å². The summed E-state index contributed by atoms with van der Waals surface area (Å²) in [5.41, 5.74) is 2.72. The van der Waals surface area contributed by atoms with Crippen LogP contribution in [0.3, 0.4) is 0 Å². The van der Waals surface area contributed by atoms with Gasteiger partial charge in [0.25, 0.3) is 0 Å². The van der Waals surface area contributed by atoms with Gasteiger partial charge in [-0.05, 0) is 40.6 Å². The summed E-state index contributed by atoms with van der Waals surface area (Å²) in [5, 5.41) is 1.31. The Morgan fingerprint density at radius 2 is 1.64 bits per heavy atom. The maximum absolute atomic E-state index is 13.5. The third kappa shape index (κ3) is 8.62. The van der Waals surface area contributed by atoms with E-state index in [4.69, 9.17) is 11.0 Å². The molecule has 1 radical (unpaired) electrons. The van der Waals surface area contributed by atoms with Crippen molar-refractivity contribution in [2.24, 2.45) is 0 Å². The topological polar surface area (TPSA) is 25.8 Å². The molecule has 2 aromatic heterocycles. The summed E-state index contributed by atoms with van der Waals surface area (Å²) in [6.45, 7) is 2.24. The van der Waals surface area contributed by atoms with Crippen LogP contribution in [0, 0.1) is 31.7 Å². The minimum atomic E-state index is -2.51. The van der Waals surface area contributed by atoms with Gasteiger partial charge in [0.1, 0.15) is 5.82 Å². The number of halogens is 1. The van der Waals surface area contributed by atoms with Crippen LogP contribution in [0.4, 0.5) is 4.39 Å². The molecule has 5 rings (SSSR count). The number of aromatic nitrogens is 2. The largest absolute Gasteiger partial charge is 0.305 e. The number of hydrogen-bond acceptors (Lipinski definition) is 2. The van der Waals surface area contributed by atoms with Gasteiger partial charge < -0.3 is 9.97 Å². The van der Waals surface area contributed by atoms with Crippen molar-refractivity contribution in [3.8, 4) is 22.5 Å². The molecule has 0 aliphatic rings. The fraction of sp³-hybridized carbons (Fsp3) is 0.176. The van der Waals surface area contributed by atoms with Gasteiger partial charge in [0.15, 0.2) is 0 Å². The van der Waals surface area contributed by atoms with Crippen molar-refractivity contribution >= 4 is 13.3 Å². The molecule has 0 saturated heterocycles. The molecule has 2 nitrogen and oxygen atoms in total. The first-order valence-corrected chi connectivity index (χ1v) is 15.6. The van der Waals surface area contributed by atoms with Gasteiger partial charge in [0, 0.05) is 43.5 Å². The summed E-state index contributed by atoms with van der Waals surface area (Å²) >= 11 is 0. The third-order valence-electron chi connectivity index (χ3n) is 5.72. The van der Waals surface area contributed by atoms with Gasteiger partial charge in [-0.3, -0.25) is 0 Å². The summed E-state index contributed by atoms with van der Waals surface area (Å²) in [7, 11) is -1.34. The molecule has 5 aromatic rings. The molecule has 2 heterocycles. The molecule has 0 saturated carbocycles. The second-order valence-electron chi connectivity index (χ2n) is 9.70. The van der Waals surface area contributed by atoms with Crippen molar-refractivity contribution in [1.82, 2.24) is 9.97 Å². The molecule has 3 aromatic carbocycles. The summed E-state index contributed by atoms with van der Waals surface area (Å²) in [6, 6.07) is 28.1. The smallest absolute Gasteiger partial charge is 0.117 e. The molecule has 0 aliphatic heterocycles. The molecule has 5 heteroatoms. The van der Waals surface area contributed by atoms with Crippen LogP contribution in [0.25, 0.3) is 22.5 Å². The number of nitrogens with zero attached hydrogens (tertiary/aromatic N) is 2. The molecular weight excluding hydrogens is 676 g/mol. The van der Waals surface area contributed by atoms with Crippen LogP contribution in [0.2, 0.25) is 19.6 Å². The zero-order valence-electron chi connectivity index (χ0n) is 29.8. The van der Waals surface area contributed by atoms with Crippen LogP contribution in [0.1, 0.15) is 33.2 Å². The van der Waals surface area contributed by atoms with E-state index in [1.807, 2.05) is 12.3 Å². The van der Waals surface area contributed by atoms with Crippen LogP contribution in [0.5, 0.6) is 0 Å². The second kappa shape index (κ2) is 13.7. The van der Waals surface area contributed by atoms with E-state index in [1.54, 1.807) is 42.5 Å². The minimum absolute atomic E-state index is 0. The van der Waals surface area contributed by atoms with E-state index in [2.05, 4.69) is 47.8 Å². The van der Waals surface area contributed by atoms with Crippen LogP contribution >= 0.6 is 0 Å². The Hall–Kier alpha value is -3.24. The predicted octanol–water partition coefficient (Wildman–Crippen LogP) is 7.99. The normalized spacial score (nSPS) is 14.8. The Balaban J connectivity index is 0.000000259. The average molecular weight is 717 g/mol. The van der Waals surface area contributed by atoms with Gasteiger partial charge in [0.05, 0.1) is 8.07 Å². The minimum Gasteiger partial charge on any atom is -0.305 e. The molecule has 0 atom stereocenters. The first-order valence-electron chi connectivity index (χ1n) is 16.1. The molecule has 0 spiro atoms. The number of benzene rings is 3. The molecule has 0 aliphatic carbocycles. The number of aryl methyl sites for hydroxylation is 2. The Kier molecular flexibility index (Phi) is 7.25. The van der Waals surface area contributed by atoms with Crippen molar-refractivity contribution in [3.63, 3.8) is 0 Å². The van der Waals surface area contributed by atoms with Crippen molar-refractivity contribution in [3.05, 3.63) is 138 Å². The zero-order valence-corrected chi connectivity index (χ0v) is 25.2. The molecule has 201 valence electrons. The summed E-state index contributed by atoms with van der Waals surface area (Å²) in [5.74, 6) is -0.490. The van der Waals surface area contributed by atoms with Gasteiger partial charge in [-0.1, -0.05) is 75.8 Å². The standard InChI is InChI=1S/C19H15FN.C15H18NSi.Ir/c1-14-7-8-16(19-13-18(20)9-10-21-19)12-17(14)11-15-5-3-2-4-6-15;1-12-5-7-13(8-6-12)15-10-9-14(11-16-15)17(2,3)4;/h2-7,9-10,12-13H,11H2,1H3;5-7,9-11H,1-4H3;/q2*-1;/i1D3,11D2;1D3;. The Morgan fingerprint density at radius 3 is 2.26 bits per heavy atom. The van der Waals surface area contributed by atoms with E-state index in [9.17, 15) is 4.39 Å². The summed E-state index contributed by atoms with van der Waals surface area (Å²) < 4.78 is 75.8. The fourth-order valence-electron chi connectivity index (χ4n) is 3.55. The fourth-order valence-corrected chi connectivity index (χ4v) is 4.59. The molecule has 0 bridgehead atoms. The SMILES string of the molecule is [2H]C([2H])([2H])c1c[c-]c(-c2cc(F)ccn2)cc1C([2H])([2H])c1ccccc1.[2H]C([2H])([2H])c1c[c-]c(-c2ccc([Si](C)(C)C)cn2)cc1.[Ir].